The normalized spacial score (nSPS) is 36.5. The summed E-state index contributed by atoms with van der Waals surface area (Å²) in [5.41, 5.74) is 5.87. The van der Waals surface area contributed by atoms with Crippen LogP contribution in [0.15, 0.2) is 0 Å². The van der Waals surface area contributed by atoms with E-state index in [4.69, 9.17) is 15.2 Å². The lowest BCUT2D eigenvalue weighted by Gasteiger charge is -2.25. The number of carbonyl (C=O) groups excluding carboxylic acids is 1. The standard InChI is InChI=1S/C10H18N2O3/c11-7-2-1-3-8(7)12-10(13)9-6-14-4-5-15-9/h7-9H,1-6,11H2,(H,12,13). The molecule has 1 amide bonds. The fourth-order valence-corrected chi connectivity index (χ4v) is 2.08. The van der Waals surface area contributed by atoms with Crippen molar-refractivity contribution in [2.75, 3.05) is 19.8 Å². The Morgan fingerprint density at radius 3 is 2.80 bits per heavy atom. The molecule has 0 aromatic rings. The average Bonchev–Trinajstić information content (AvgIpc) is 2.66. The van der Waals surface area contributed by atoms with Gasteiger partial charge in [0.15, 0.2) is 6.10 Å². The van der Waals surface area contributed by atoms with E-state index in [1.165, 1.54) is 0 Å². The van der Waals surface area contributed by atoms with Gasteiger partial charge < -0.3 is 20.5 Å². The third kappa shape index (κ3) is 2.68. The lowest BCUT2D eigenvalue weighted by molar-refractivity contribution is -0.148. The summed E-state index contributed by atoms with van der Waals surface area (Å²) >= 11 is 0. The second kappa shape index (κ2) is 4.92. The van der Waals surface area contributed by atoms with E-state index in [1.54, 1.807) is 0 Å². The molecule has 2 aliphatic rings. The summed E-state index contributed by atoms with van der Waals surface area (Å²) < 4.78 is 10.5. The minimum absolute atomic E-state index is 0.0861. The van der Waals surface area contributed by atoms with Crippen LogP contribution < -0.4 is 11.1 Å². The van der Waals surface area contributed by atoms with E-state index in [-0.39, 0.29) is 18.0 Å². The lowest BCUT2D eigenvalue weighted by atomic mass is 10.2. The molecule has 1 aliphatic heterocycles. The predicted octanol–water partition coefficient (Wildman–Crippen LogP) is -0.602. The molecule has 15 heavy (non-hydrogen) atoms. The highest BCUT2D eigenvalue weighted by Gasteiger charge is 2.29. The molecule has 0 aromatic heterocycles. The van der Waals surface area contributed by atoms with Gasteiger partial charge in [-0.15, -0.1) is 0 Å². The summed E-state index contributed by atoms with van der Waals surface area (Å²) in [4.78, 5) is 11.7. The van der Waals surface area contributed by atoms with Crippen molar-refractivity contribution in [1.29, 1.82) is 0 Å². The molecule has 5 nitrogen and oxygen atoms in total. The van der Waals surface area contributed by atoms with Crippen molar-refractivity contribution < 1.29 is 14.3 Å². The van der Waals surface area contributed by atoms with Gasteiger partial charge in [-0.25, -0.2) is 0 Å². The van der Waals surface area contributed by atoms with Gasteiger partial charge in [-0.2, -0.15) is 0 Å². The molecular weight excluding hydrogens is 196 g/mol. The SMILES string of the molecule is NC1CCCC1NC(=O)C1COCCO1. The Hall–Kier alpha value is -0.650. The number of rotatable bonds is 2. The maximum atomic E-state index is 11.7. The highest BCUT2D eigenvalue weighted by molar-refractivity contribution is 5.81. The highest BCUT2D eigenvalue weighted by atomic mass is 16.6. The largest absolute Gasteiger partial charge is 0.376 e. The molecule has 2 fully saturated rings. The Kier molecular flexibility index (Phi) is 3.56. The van der Waals surface area contributed by atoms with Crippen LogP contribution in [0, 0.1) is 0 Å². The molecule has 1 aliphatic carbocycles. The molecular formula is C10H18N2O3. The van der Waals surface area contributed by atoms with Crippen molar-refractivity contribution in [3.63, 3.8) is 0 Å². The van der Waals surface area contributed by atoms with E-state index >= 15 is 0 Å². The Labute approximate surface area is 89.3 Å². The van der Waals surface area contributed by atoms with E-state index in [1.807, 2.05) is 0 Å². The van der Waals surface area contributed by atoms with Gasteiger partial charge in [0.1, 0.15) is 0 Å². The molecule has 3 atom stereocenters. The number of nitrogens with two attached hydrogens (primary N) is 1. The molecule has 1 saturated heterocycles. The second-order valence-corrected chi connectivity index (χ2v) is 4.14. The predicted molar refractivity (Wildman–Crippen MR) is 54.3 cm³/mol. The summed E-state index contributed by atoms with van der Waals surface area (Å²) in [6, 6.07) is 0.210. The number of nitrogens with one attached hydrogen (secondary N) is 1. The average molecular weight is 214 g/mol. The van der Waals surface area contributed by atoms with Crippen molar-refractivity contribution in [1.82, 2.24) is 5.32 Å². The Morgan fingerprint density at radius 2 is 2.20 bits per heavy atom. The van der Waals surface area contributed by atoms with Gasteiger partial charge in [-0.3, -0.25) is 4.79 Å². The van der Waals surface area contributed by atoms with E-state index in [9.17, 15) is 4.79 Å². The summed E-state index contributed by atoms with van der Waals surface area (Å²) in [5.74, 6) is -0.0861. The maximum Gasteiger partial charge on any atom is 0.251 e. The quantitative estimate of drug-likeness (QED) is 0.643. The first-order chi connectivity index (χ1) is 7.27. The Balaban J connectivity index is 1.80. The van der Waals surface area contributed by atoms with Crippen LogP contribution in [-0.4, -0.2) is 43.9 Å². The topological polar surface area (TPSA) is 73.6 Å². The zero-order chi connectivity index (χ0) is 10.7. The van der Waals surface area contributed by atoms with Crippen LogP contribution in [0.5, 0.6) is 0 Å². The number of carbonyl (C=O) groups is 1. The monoisotopic (exact) mass is 214 g/mol. The zero-order valence-electron chi connectivity index (χ0n) is 8.78. The van der Waals surface area contributed by atoms with Gasteiger partial charge in [0.2, 0.25) is 0 Å². The molecule has 0 aromatic carbocycles. The summed E-state index contributed by atoms with van der Waals surface area (Å²) in [6.45, 7) is 1.43. The first-order valence-electron chi connectivity index (χ1n) is 5.52. The third-order valence-electron chi connectivity index (χ3n) is 3.01. The van der Waals surface area contributed by atoms with Crippen molar-refractivity contribution >= 4 is 5.91 Å². The summed E-state index contributed by atoms with van der Waals surface area (Å²) in [7, 11) is 0. The van der Waals surface area contributed by atoms with E-state index in [0.717, 1.165) is 19.3 Å². The lowest BCUT2D eigenvalue weighted by Crippen LogP contribution is -2.50. The van der Waals surface area contributed by atoms with Gasteiger partial charge in [0.25, 0.3) is 5.91 Å². The van der Waals surface area contributed by atoms with Crippen molar-refractivity contribution in [2.24, 2.45) is 5.73 Å². The summed E-state index contributed by atoms with van der Waals surface area (Å²) in [6.07, 6.45) is 2.60. The van der Waals surface area contributed by atoms with Gasteiger partial charge in [0.05, 0.1) is 19.8 Å². The number of hydrogen-bond donors (Lipinski definition) is 2. The number of hydrogen-bond acceptors (Lipinski definition) is 4. The van der Waals surface area contributed by atoms with Gasteiger partial charge in [-0.05, 0) is 19.3 Å². The minimum atomic E-state index is -0.452. The van der Waals surface area contributed by atoms with Gasteiger partial charge in [-0.1, -0.05) is 0 Å². The van der Waals surface area contributed by atoms with E-state index in [2.05, 4.69) is 5.32 Å². The fraction of sp³-hybridized carbons (Fsp3) is 0.900. The van der Waals surface area contributed by atoms with Crippen LogP contribution in [0.3, 0.4) is 0 Å². The van der Waals surface area contributed by atoms with Crippen LogP contribution in [0.2, 0.25) is 0 Å². The first-order valence-corrected chi connectivity index (χ1v) is 5.52. The molecule has 86 valence electrons. The van der Waals surface area contributed by atoms with Crippen LogP contribution in [0.4, 0.5) is 0 Å². The zero-order valence-corrected chi connectivity index (χ0v) is 8.78. The van der Waals surface area contributed by atoms with Crippen molar-refractivity contribution in [3.8, 4) is 0 Å². The number of amides is 1. The molecule has 5 heteroatoms. The Bertz CT molecular complexity index is 229. The number of ether oxygens (including phenoxy) is 2. The minimum Gasteiger partial charge on any atom is -0.376 e. The molecule has 1 saturated carbocycles. The Morgan fingerprint density at radius 1 is 1.33 bits per heavy atom. The van der Waals surface area contributed by atoms with Crippen LogP contribution in [-0.2, 0) is 14.3 Å². The maximum absolute atomic E-state index is 11.7. The van der Waals surface area contributed by atoms with Crippen LogP contribution in [0.1, 0.15) is 19.3 Å². The van der Waals surface area contributed by atoms with Gasteiger partial charge in [0, 0.05) is 12.1 Å². The van der Waals surface area contributed by atoms with Crippen LogP contribution in [0.25, 0.3) is 0 Å². The molecule has 0 radical (unpaired) electrons. The molecule has 3 N–H and O–H groups in total. The highest BCUT2D eigenvalue weighted by Crippen LogP contribution is 2.17. The second-order valence-electron chi connectivity index (χ2n) is 4.14. The molecule has 2 rings (SSSR count). The fourth-order valence-electron chi connectivity index (χ4n) is 2.08. The first kappa shape index (κ1) is 10.9. The third-order valence-corrected chi connectivity index (χ3v) is 3.01. The molecule has 0 bridgehead atoms. The van der Waals surface area contributed by atoms with E-state index < -0.39 is 6.10 Å². The molecule has 3 unspecified atom stereocenters. The summed E-state index contributed by atoms with van der Waals surface area (Å²) in [5, 5.41) is 2.93. The van der Waals surface area contributed by atoms with Crippen molar-refractivity contribution in [3.05, 3.63) is 0 Å². The van der Waals surface area contributed by atoms with E-state index in [0.29, 0.717) is 19.8 Å². The van der Waals surface area contributed by atoms with Crippen molar-refractivity contribution in [2.45, 2.75) is 37.5 Å². The smallest absolute Gasteiger partial charge is 0.251 e. The molecule has 1 heterocycles. The molecule has 0 spiro atoms. The van der Waals surface area contributed by atoms with Gasteiger partial charge >= 0.3 is 0 Å². The van der Waals surface area contributed by atoms with Crippen LogP contribution >= 0.6 is 0 Å².